The lowest BCUT2D eigenvalue weighted by Crippen LogP contribution is -2.47. The van der Waals surface area contributed by atoms with Crippen LogP contribution in [-0.4, -0.2) is 38.4 Å². The zero-order chi connectivity index (χ0) is 21.7. The number of carbonyl (C=O) groups excluding carboxylic acids is 3. The summed E-state index contributed by atoms with van der Waals surface area (Å²) >= 11 is 0. The number of Topliss-reactive ketones (excluding diaryl/α,β-unsaturated/α-hetero) is 1. The number of carbonyl (C=O) groups is 3. The first kappa shape index (κ1) is 20.4. The summed E-state index contributed by atoms with van der Waals surface area (Å²) in [4.78, 5) is 40.8. The molecular formula is C21H18N6O3. The summed E-state index contributed by atoms with van der Waals surface area (Å²) < 4.78 is 1.31. The number of primary amides is 1. The highest BCUT2D eigenvalue weighted by atomic mass is 16.2. The van der Waals surface area contributed by atoms with Crippen LogP contribution in [0.2, 0.25) is 0 Å². The molecule has 9 heteroatoms. The molecule has 3 rings (SSSR count). The molecule has 0 aliphatic carbocycles. The molecule has 0 fully saturated rings. The molecule has 9 nitrogen and oxygen atoms in total. The maximum absolute atomic E-state index is 12.9. The fraction of sp³-hybridized carbons (Fsp3) is 0.143. The SMILES string of the molecule is Cc1cc(C(=O)NC(Cc2ccccc2)C(=O)C(N)=O)n(-c2ccc(C#N)cn2)n1. The van der Waals surface area contributed by atoms with Crippen LogP contribution >= 0.6 is 0 Å². The van der Waals surface area contributed by atoms with Crippen molar-refractivity contribution >= 4 is 17.6 Å². The number of hydrogen-bond donors (Lipinski definition) is 2. The van der Waals surface area contributed by atoms with Crippen LogP contribution in [0.15, 0.2) is 54.7 Å². The Hall–Kier alpha value is -4.32. The van der Waals surface area contributed by atoms with Crippen molar-refractivity contribution in [3.05, 3.63) is 77.2 Å². The van der Waals surface area contributed by atoms with Crippen molar-refractivity contribution < 1.29 is 14.4 Å². The average molecular weight is 402 g/mol. The van der Waals surface area contributed by atoms with E-state index in [0.29, 0.717) is 17.1 Å². The molecule has 1 unspecified atom stereocenters. The Morgan fingerprint density at radius 1 is 1.20 bits per heavy atom. The fourth-order valence-corrected chi connectivity index (χ4v) is 2.88. The second-order valence-electron chi connectivity index (χ2n) is 6.54. The van der Waals surface area contributed by atoms with E-state index in [-0.39, 0.29) is 12.1 Å². The van der Waals surface area contributed by atoms with Crippen LogP contribution in [0, 0.1) is 18.3 Å². The molecule has 0 bridgehead atoms. The zero-order valence-corrected chi connectivity index (χ0v) is 16.1. The standard InChI is InChI=1S/C21H18N6O3/c1-13-9-17(27(26-13)18-8-7-15(11-22)12-24-18)21(30)25-16(19(28)20(23)29)10-14-5-3-2-4-6-14/h2-9,12,16H,10H2,1H3,(H2,23,29)(H,25,30). The van der Waals surface area contributed by atoms with Crippen LogP contribution in [0.4, 0.5) is 0 Å². The first-order valence-electron chi connectivity index (χ1n) is 9.00. The van der Waals surface area contributed by atoms with Gasteiger partial charge in [-0.3, -0.25) is 14.4 Å². The summed E-state index contributed by atoms with van der Waals surface area (Å²) in [6.07, 6.45) is 1.47. The normalized spacial score (nSPS) is 11.3. The Bertz CT molecular complexity index is 1130. The number of aryl methyl sites for hydroxylation is 1. The van der Waals surface area contributed by atoms with Gasteiger partial charge in [-0.25, -0.2) is 9.67 Å². The molecule has 1 atom stereocenters. The lowest BCUT2D eigenvalue weighted by Gasteiger charge is -2.16. The zero-order valence-electron chi connectivity index (χ0n) is 16.1. The van der Waals surface area contributed by atoms with Crippen molar-refractivity contribution in [2.75, 3.05) is 0 Å². The number of nitrogens with two attached hydrogens (primary N) is 1. The fourth-order valence-electron chi connectivity index (χ4n) is 2.88. The van der Waals surface area contributed by atoms with E-state index in [1.807, 2.05) is 12.1 Å². The number of aromatic nitrogens is 3. The van der Waals surface area contributed by atoms with E-state index in [4.69, 9.17) is 11.0 Å². The van der Waals surface area contributed by atoms with Crippen molar-refractivity contribution in [3.8, 4) is 11.9 Å². The highest BCUT2D eigenvalue weighted by Crippen LogP contribution is 2.12. The minimum atomic E-state index is -1.13. The Kier molecular flexibility index (Phi) is 5.98. The van der Waals surface area contributed by atoms with Crippen molar-refractivity contribution in [3.63, 3.8) is 0 Å². The number of nitriles is 1. The van der Waals surface area contributed by atoms with Gasteiger partial charge in [-0.05, 0) is 30.7 Å². The third kappa shape index (κ3) is 4.56. The van der Waals surface area contributed by atoms with Crippen LogP contribution in [0.1, 0.15) is 27.3 Å². The molecule has 0 radical (unpaired) electrons. The lowest BCUT2D eigenvalue weighted by atomic mass is 10.0. The summed E-state index contributed by atoms with van der Waals surface area (Å²) in [6, 6.07) is 14.4. The third-order valence-electron chi connectivity index (χ3n) is 4.31. The van der Waals surface area contributed by atoms with Gasteiger partial charge >= 0.3 is 0 Å². The third-order valence-corrected chi connectivity index (χ3v) is 4.31. The predicted molar refractivity (Wildman–Crippen MR) is 106 cm³/mol. The molecule has 2 heterocycles. The number of amides is 2. The number of nitrogens with zero attached hydrogens (tertiary/aromatic N) is 4. The van der Waals surface area contributed by atoms with Gasteiger partial charge < -0.3 is 11.1 Å². The first-order chi connectivity index (χ1) is 14.4. The maximum atomic E-state index is 12.9. The molecule has 150 valence electrons. The topological polar surface area (TPSA) is 144 Å². The minimum Gasteiger partial charge on any atom is -0.363 e. The molecule has 0 spiro atoms. The quantitative estimate of drug-likeness (QED) is 0.561. The first-order valence-corrected chi connectivity index (χ1v) is 9.00. The highest BCUT2D eigenvalue weighted by molar-refractivity contribution is 6.38. The Morgan fingerprint density at radius 3 is 2.53 bits per heavy atom. The number of pyridine rings is 1. The average Bonchev–Trinajstić information content (AvgIpc) is 3.15. The van der Waals surface area contributed by atoms with Crippen LogP contribution < -0.4 is 11.1 Å². The van der Waals surface area contributed by atoms with E-state index in [9.17, 15) is 14.4 Å². The minimum absolute atomic E-state index is 0.108. The van der Waals surface area contributed by atoms with Gasteiger partial charge in [0, 0.05) is 12.6 Å². The van der Waals surface area contributed by atoms with Gasteiger partial charge in [0.25, 0.3) is 11.8 Å². The van der Waals surface area contributed by atoms with Crippen molar-refractivity contribution in [2.45, 2.75) is 19.4 Å². The maximum Gasteiger partial charge on any atom is 0.287 e. The Balaban J connectivity index is 1.89. The van der Waals surface area contributed by atoms with E-state index >= 15 is 0 Å². The largest absolute Gasteiger partial charge is 0.363 e. The van der Waals surface area contributed by atoms with Crippen molar-refractivity contribution in [2.24, 2.45) is 5.73 Å². The van der Waals surface area contributed by atoms with E-state index in [1.54, 1.807) is 43.3 Å². The summed E-state index contributed by atoms with van der Waals surface area (Å²) in [7, 11) is 0. The molecule has 2 aromatic heterocycles. The number of hydrogen-bond acceptors (Lipinski definition) is 6. The molecule has 30 heavy (non-hydrogen) atoms. The molecule has 0 saturated carbocycles. The van der Waals surface area contributed by atoms with Crippen LogP contribution in [0.25, 0.3) is 5.82 Å². The summed E-state index contributed by atoms with van der Waals surface area (Å²) in [5.74, 6) is -2.31. The van der Waals surface area contributed by atoms with Gasteiger partial charge in [0.2, 0.25) is 5.78 Å². The molecule has 1 aromatic carbocycles. The molecular weight excluding hydrogens is 384 g/mol. The Labute approximate surface area is 172 Å². The van der Waals surface area contributed by atoms with Gasteiger partial charge in [0.05, 0.1) is 11.3 Å². The number of rotatable bonds is 7. The van der Waals surface area contributed by atoms with Crippen LogP contribution in [-0.2, 0) is 16.0 Å². The van der Waals surface area contributed by atoms with Crippen LogP contribution in [0.3, 0.4) is 0 Å². The second-order valence-corrected chi connectivity index (χ2v) is 6.54. The van der Waals surface area contributed by atoms with E-state index in [2.05, 4.69) is 15.4 Å². The van der Waals surface area contributed by atoms with E-state index in [1.165, 1.54) is 16.9 Å². The summed E-state index contributed by atoms with van der Waals surface area (Å²) in [5.41, 5.74) is 6.96. The summed E-state index contributed by atoms with van der Waals surface area (Å²) in [6.45, 7) is 1.70. The van der Waals surface area contributed by atoms with Gasteiger partial charge in [-0.15, -0.1) is 0 Å². The van der Waals surface area contributed by atoms with E-state index in [0.717, 1.165) is 5.56 Å². The number of benzene rings is 1. The van der Waals surface area contributed by atoms with Gasteiger partial charge in [0.1, 0.15) is 17.8 Å². The number of ketones is 1. The van der Waals surface area contributed by atoms with Gasteiger partial charge in [-0.2, -0.15) is 10.4 Å². The molecule has 0 aliphatic rings. The molecule has 3 aromatic rings. The second kappa shape index (κ2) is 8.79. The van der Waals surface area contributed by atoms with Crippen LogP contribution in [0.5, 0.6) is 0 Å². The molecule has 3 N–H and O–H groups in total. The molecule has 2 amide bonds. The summed E-state index contributed by atoms with van der Waals surface area (Å²) in [5, 5.41) is 15.8. The highest BCUT2D eigenvalue weighted by Gasteiger charge is 2.27. The van der Waals surface area contributed by atoms with Gasteiger partial charge in [-0.1, -0.05) is 30.3 Å². The number of nitrogens with one attached hydrogen (secondary N) is 1. The predicted octanol–water partition coefficient (Wildman–Crippen LogP) is 0.843. The smallest absolute Gasteiger partial charge is 0.287 e. The molecule has 0 aliphatic heterocycles. The van der Waals surface area contributed by atoms with Crippen molar-refractivity contribution in [1.82, 2.24) is 20.1 Å². The lowest BCUT2D eigenvalue weighted by molar-refractivity contribution is -0.137. The molecule has 0 saturated heterocycles. The Morgan fingerprint density at radius 2 is 1.93 bits per heavy atom. The monoisotopic (exact) mass is 402 g/mol. The van der Waals surface area contributed by atoms with E-state index < -0.39 is 23.6 Å². The van der Waals surface area contributed by atoms with Crippen molar-refractivity contribution in [1.29, 1.82) is 5.26 Å². The van der Waals surface area contributed by atoms with Gasteiger partial charge in [0.15, 0.2) is 5.82 Å².